The highest BCUT2D eigenvalue weighted by molar-refractivity contribution is 6.31. The van der Waals surface area contributed by atoms with Crippen LogP contribution in [0.15, 0.2) is 30.3 Å². The Kier molecular flexibility index (Phi) is 6.20. The summed E-state index contributed by atoms with van der Waals surface area (Å²) in [7, 11) is 0. The van der Waals surface area contributed by atoms with Gasteiger partial charge >= 0.3 is 0 Å². The summed E-state index contributed by atoms with van der Waals surface area (Å²) in [6.45, 7) is -0.435. The number of hydrogen-bond acceptors (Lipinski definition) is 2. The number of nitrogens with one attached hydrogen (secondary N) is 1. The highest BCUT2D eigenvalue weighted by Crippen LogP contribution is 2.37. The van der Waals surface area contributed by atoms with Crippen molar-refractivity contribution in [2.75, 3.05) is 11.9 Å². The number of benzene rings is 2. The fraction of sp³-hybridized carbons (Fsp3) is 0.235. The maximum Gasteiger partial charge on any atom is 0.274 e. The van der Waals surface area contributed by atoms with E-state index in [1.165, 1.54) is 0 Å². The second-order valence-corrected chi connectivity index (χ2v) is 5.84. The molecule has 2 rings (SSSR count). The molecule has 26 heavy (non-hydrogen) atoms. The number of hydrogen-bond donors (Lipinski definition) is 2. The molecule has 140 valence electrons. The van der Waals surface area contributed by atoms with Crippen LogP contribution in [0.2, 0.25) is 5.02 Å². The summed E-state index contributed by atoms with van der Waals surface area (Å²) in [5, 5.41) is 10.5. The molecular weight excluding hydrogens is 381 g/mol. The van der Waals surface area contributed by atoms with Gasteiger partial charge in [0.25, 0.3) is 11.8 Å². The van der Waals surface area contributed by atoms with E-state index < -0.39 is 47.9 Å². The highest BCUT2D eigenvalue weighted by Gasteiger charge is 2.33. The third-order valence-electron chi connectivity index (χ3n) is 3.51. The first-order chi connectivity index (χ1) is 12.2. The number of rotatable bonds is 6. The van der Waals surface area contributed by atoms with Gasteiger partial charge in [0.05, 0.1) is 0 Å². The fourth-order valence-electron chi connectivity index (χ4n) is 2.21. The zero-order chi connectivity index (χ0) is 19.5. The molecule has 0 aliphatic carbocycles. The molecule has 2 aromatic carbocycles. The van der Waals surface area contributed by atoms with E-state index in [-0.39, 0.29) is 22.7 Å². The van der Waals surface area contributed by atoms with Crippen molar-refractivity contribution >= 4 is 23.2 Å². The summed E-state index contributed by atoms with van der Waals surface area (Å²) in [4.78, 5) is 12.1. The fourth-order valence-corrected chi connectivity index (χ4v) is 2.47. The maximum absolute atomic E-state index is 14.2. The topological polar surface area (TPSA) is 49.3 Å². The van der Waals surface area contributed by atoms with Gasteiger partial charge in [0.2, 0.25) is 0 Å². The van der Waals surface area contributed by atoms with Crippen LogP contribution in [0.3, 0.4) is 0 Å². The van der Waals surface area contributed by atoms with Crippen LogP contribution in [0.5, 0.6) is 0 Å². The highest BCUT2D eigenvalue weighted by atomic mass is 35.5. The zero-order valence-electron chi connectivity index (χ0n) is 13.1. The molecule has 0 aromatic heterocycles. The lowest BCUT2D eigenvalue weighted by Crippen LogP contribution is -2.18. The average Bonchev–Trinajstić information content (AvgIpc) is 2.58. The predicted molar refractivity (Wildman–Crippen MR) is 85.9 cm³/mol. The molecule has 0 spiro atoms. The summed E-state index contributed by atoms with van der Waals surface area (Å²) >= 11 is 5.77. The molecule has 2 N–H and O–H groups in total. The molecule has 0 fully saturated rings. The Labute approximate surface area is 150 Å². The Bertz CT molecular complexity index is 806. The zero-order valence-corrected chi connectivity index (χ0v) is 13.9. The van der Waals surface area contributed by atoms with E-state index in [2.05, 4.69) is 5.32 Å². The molecule has 0 saturated carbocycles. The van der Waals surface area contributed by atoms with Crippen LogP contribution in [0, 0.1) is 17.5 Å². The Morgan fingerprint density at radius 1 is 1.12 bits per heavy atom. The van der Waals surface area contributed by atoms with Gasteiger partial charge in [0.1, 0.15) is 0 Å². The number of carbonyl (C=O) groups is 1. The third kappa shape index (κ3) is 4.50. The largest absolute Gasteiger partial charge is 0.396 e. The molecule has 9 heteroatoms. The Morgan fingerprint density at radius 3 is 2.31 bits per heavy atom. The summed E-state index contributed by atoms with van der Waals surface area (Å²) in [6, 6.07) is 4.21. The van der Waals surface area contributed by atoms with Crippen molar-refractivity contribution in [2.45, 2.75) is 18.8 Å². The van der Waals surface area contributed by atoms with Crippen molar-refractivity contribution in [3.05, 3.63) is 63.9 Å². The van der Waals surface area contributed by atoms with Gasteiger partial charge in [-0.15, -0.1) is 0 Å². The predicted octanol–water partition coefficient (Wildman–Crippen LogP) is 4.87. The first-order valence-electron chi connectivity index (χ1n) is 7.40. The van der Waals surface area contributed by atoms with Gasteiger partial charge in [-0.05, 0) is 24.6 Å². The molecule has 0 heterocycles. The Hall–Kier alpha value is -2.19. The summed E-state index contributed by atoms with van der Waals surface area (Å²) < 4.78 is 67.6. The quantitative estimate of drug-likeness (QED) is 0.543. The molecule has 2 aromatic rings. The Balaban J connectivity index is 2.29. The number of amides is 1. The van der Waals surface area contributed by atoms with E-state index in [0.717, 1.165) is 18.2 Å². The van der Waals surface area contributed by atoms with E-state index in [4.69, 9.17) is 16.7 Å². The summed E-state index contributed by atoms with van der Waals surface area (Å²) in [5.41, 5.74) is -1.23. The van der Waals surface area contributed by atoms with Gasteiger partial charge in [-0.1, -0.05) is 11.6 Å². The van der Waals surface area contributed by atoms with E-state index in [9.17, 15) is 26.7 Å². The van der Waals surface area contributed by atoms with E-state index in [0.29, 0.717) is 12.1 Å². The van der Waals surface area contributed by atoms with Gasteiger partial charge in [-0.25, -0.2) is 22.0 Å². The van der Waals surface area contributed by atoms with Crippen LogP contribution in [-0.2, 0) is 5.92 Å². The van der Waals surface area contributed by atoms with Crippen LogP contribution in [0.1, 0.15) is 28.8 Å². The first-order valence-corrected chi connectivity index (χ1v) is 7.78. The number of carbonyl (C=O) groups excluding carboxylic acids is 1. The summed E-state index contributed by atoms with van der Waals surface area (Å²) in [6.07, 6.45) is -0.851. The second-order valence-electron chi connectivity index (χ2n) is 5.43. The van der Waals surface area contributed by atoms with Crippen molar-refractivity contribution in [1.82, 2.24) is 0 Å². The standard InChI is InChI=1S/C17H13ClF5NO2/c18-12-3-2-9(6-11(12)17(22,23)4-1-5-25)16(26)24-10-7-13(19)15(21)14(20)8-10/h2-3,6-8,25H,1,4-5H2,(H,24,26). The van der Waals surface area contributed by atoms with Crippen LogP contribution in [0.25, 0.3) is 0 Å². The van der Waals surface area contributed by atoms with E-state index >= 15 is 0 Å². The van der Waals surface area contributed by atoms with Gasteiger partial charge < -0.3 is 10.4 Å². The van der Waals surface area contributed by atoms with Gasteiger partial charge in [0.15, 0.2) is 17.5 Å². The van der Waals surface area contributed by atoms with Crippen LogP contribution in [0.4, 0.5) is 27.6 Å². The number of aliphatic hydroxyl groups excluding tert-OH is 1. The first kappa shape index (κ1) is 20.1. The van der Waals surface area contributed by atoms with Crippen LogP contribution < -0.4 is 5.32 Å². The van der Waals surface area contributed by atoms with E-state index in [1.54, 1.807) is 0 Å². The van der Waals surface area contributed by atoms with Crippen LogP contribution >= 0.6 is 11.6 Å². The average molecular weight is 394 g/mol. The number of anilines is 1. The lowest BCUT2D eigenvalue weighted by atomic mass is 10.0. The normalized spacial score (nSPS) is 11.5. The molecule has 0 atom stereocenters. The van der Waals surface area contributed by atoms with Crippen molar-refractivity contribution in [1.29, 1.82) is 0 Å². The number of alkyl halides is 2. The SMILES string of the molecule is O=C(Nc1cc(F)c(F)c(F)c1)c1ccc(Cl)c(C(F)(F)CCCO)c1. The van der Waals surface area contributed by atoms with Crippen molar-refractivity contribution < 1.29 is 31.9 Å². The van der Waals surface area contributed by atoms with Crippen LogP contribution in [-0.4, -0.2) is 17.6 Å². The maximum atomic E-state index is 14.2. The van der Waals surface area contributed by atoms with Crippen molar-refractivity contribution in [3.63, 3.8) is 0 Å². The number of halogens is 6. The second kappa shape index (κ2) is 8.01. The van der Waals surface area contributed by atoms with Gasteiger partial charge in [0, 0.05) is 47.0 Å². The summed E-state index contributed by atoms with van der Waals surface area (Å²) in [5.74, 6) is -9.03. The minimum atomic E-state index is -3.38. The lowest BCUT2D eigenvalue weighted by Gasteiger charge is -2.18. The van der Waals surface area contributed by atoms with Crippen molar-refractivity contribution in [3.8, 4) is 0 Å². The third-order valence-corrected chi connectivity index (χ3v) is 3.84. The molecule has 3 nitrogen and oxygen atoms in total. The molecule has 0 aliphatic heterocycles. The lowest BCUT2D eigenvalue weighted by molar-refractivity contribution is -0.0187. The molecule has 0 aliphatic rings. The van der Waals surface area contributed by atoms with Crippen molar-refractivity contribution in [2.24, 2.45) is 0 Å². The van der Waals surface area contributed by atoms with E-state index in [1.807, 2.05) is 0 Å². The number of aliphatic hydroxyl groups is 1. The van der Waals surface area contributed by atoms with Gasteiger partial charge in [-0.2, -0.15) is 0 Å². The molecule has 0 unspecified atom stereocenters. The molecular formula is C17H13ClF5NO2. The Morgan fingerprint density at radius 2 is 1.73 bits per heavy atom. The van der Waals surface area contributed by atoms with Gasteiger partial charge in [-0.3, -0.25) is 4.79 Å². The molecule has 0 radical (unpaired) electrons. The minimum Gasteiger partial charge on any atom is -0.396 e. The molecule has 1 amide bonds. The molecule has 0 saturated heterocycles. The smallest absolute Gasteiger partial charge is 0.274 e. The minimum absolute atomic E-state index is 0.173. The molecule has 0 bridgehead atoms. The monoisotopic (exact) mass is 393 g/mol.